The maximum atomic E-state index is 14.1. The van der Waals surface area contributed by atoms with Crippen molar-refractivity contribution in [3.05, 3.63) is 76.3 Å². The number of hydrogen-bond donors (Lipinski definition) is 2. The topological polar surface area (TPSA) is 122 Å². The first-order valence-electron chi connectivity index (χ1n) is 14.2. The van der Waals surface area contributed by atoms with Gasteiger partial charge in [0, 0.05) is 25.2 Å². The molecule has 0 fully saturated rings. The smallest absolute Gasteiger partial charge is 0.247 e. The van der Waals surface area contributed by atoms with E-state index in [4.69, 9.17) is 22.1 Å². The SMILES string of the molecule is CCN(CC1=C(c2ccc(Cl)cc2)S(=O)(=O)N(C)C1(CC)CC)C(=O)[C@@H](COCc1ccccc1)NC(=O)C(C)(C)N. The standard InChI is InChI=1S/C31H43ClN4O5S/c1-7-31(8-2)25(27(42(39,40)35(31)6)23-15-17-24(32)18-16-23)19-36(9-3)28(37)26(34-29(38)30(4,5)33)21-41-20-22-13-11-10-12-14-22/h10-18,26H,7-9,19-21,33H2,1-6H3,(H,34,38)/t26-/m1/s1. The molecule has 230 valence electrons. The summed E-state index contributed by atoms with van der Waals surface area (Å²) in [5.74, 6) is -0.889. The Bertz CT molecular complexity index is 1380. The number of nitrogens with zero attached hydrogens (tertiary/aromatic N) is 2. The molecule has 42 heavy (non-hydrogen) atoms. The number of carbonyl (C=O) groups is 2. The number of nitrogens with two attached hydrogens (primary N) is 1. The van der Waals surface area contributed by atoms with Gasteiger partial charge in [0.25, 0.3) is 0 Å². The second-order valence-corrected chi connectivity index (χ2v) is 13.5. The molecule has 2 aromatic carbocycles. The van der Waals surface area contributed by atoms with E-state index in [0.717, 1.165) is 5.56 Å². The molecule has 0 radical (unpaired) electrons. The van der Waals surface area contributed by atoms with Gasteiger partial charge in [0.2, 0.25) is 21.8 Å². The highest BCUT2D eigenvalue weighted by Gasteiger charge is 2.52. The Morgan fingerprint density at radius 3 is 2.19 bits per heavy atom. The summed E-state index contributed by atoms with van der Waals surface area (Å²) in [6.07, 6.45) is 1.03. The number of carbonyl (C=O) groups excluding carboxylic acids is 2. The maximum absolute atomic E-state index is 14.1. The van der Waals surface area contributed by atoms with Crippen molar-refractivity contribution >= 4 is 38.3 Å². The summed E-state index contributed by atoms with van der Waals surface area (Å²) < 4.78 is 35.0. The molecule has 0 aromatic heterocycles. The highest BCUT2D eigenvalue weighted by atomic mass is 35.5. The zero-order valence-electron chi connectivity index (χ0n) is 25.3. The predicted molar refractivity (Wildman–Crippen MR) is 167 cm³/mol. The van der Waals surface area contributed by atoms with Crippen LogP contribution in [0.25, 0.3) is 4.91 Å². The molecule has 3 N–H and O–H groups in total. The predicted octanol–water partition coefficient (Wildman–Crippen LogP) is 4.17. The van der Waals surface area contributed by atoms with Gasteiger partial charge in [-0.2, -0.15) is 4.31 Å². The van der Waals surface area contributed by atoms with Gasteiger partial charge >= 0.3 is 0 Å². The quantitative estimate of drug-likeness (QED) is 0.347. The van der Waals surface area contributed by atoms with Crippen molar-refractivity contribution < 1.29 is 22.7 Å². The normalized spacial score (nSPS) is 17.2. The minimum Gasteiger partial charge on any atom is -0.374 e. The number of rotatable bonds is 13. The van der Waals surface area contributed by atoms with Crippen LogP contribution >= 0.6 is 11.6 Å². The number of hydrogen-bond acceptors (Lipinski definition) is 6. The molecule has 0 aliphatic carbocycles. The molecule has 0 saturated carbocycles. The van der Waals surface area contributed by atoms with Crippen LogP contribution in [-0.4, -0.2) is 73.3 Å². The Morgan fingerprint density at radius 2 is 1.67 bits per heavy atom. The number of ether oxygens (including phenoxy) is 1. The average molecular weight is 619 g/mol. The van der Waals surface area contributed by atoms with Crippen molar-refractivity contribution in [3.63, 3.8) is 0 Å². The number of amides is 2. The molecule has 0 unspecified atom stereocenters. The lowest BCUT2D eigenvalue weighted by Gasteiger charge is -2.38. The van der Waals surface area contributed by atoms with E-state index >= 15 is 0 Å². The molecular formula is C31H43ClN4O5S. The molecule has 9 nitrogen and oxygen atoms in total. The lowest BCUT2D eigenvalue weighted by molar-refractivity contribution is -0.139. The lowest BCUT2D eigenvalue weighted by atomic mass is 9.82. The third kappa shape index (κ3) is 7.06. The molecule has 0 spiro atoms. The number of sulfonamides is 1. The van der Waals surface area contributed by atoms with Gasteiger partial charge in [-0.1, -0.05) is 67.9 Å². The van der Waals surface area contributed by atoms with E-state index < -0.39 is 33.1 Å². The molecule has 2 aromatic rings. The van der Waals surface area contributed by atoms with E-state index in [1.807, 2.05) is 51.1 Å². The van der Waals surface area contributed by atoms with Crippen LogP contribution in [0.15, 0.2) is 60.2 Å². The fourth-order valence-electron chi connectivity index (χ4n) is 5.33. The summed E-state index contributed by atoms with van der Waals surface area (Å²) in [5, 5.41) is 3.26. The second kappa shape index (κ2) is 13.7. The van der Waals surface area contributed by atoms with Crippen LogP contribution in [-0.2, 0) is 31.0 Å². The van der Waals surface area contributed by atoms with E-state index in [1.165, 1.54) is 4.31 Å². The van der Waals surface area contributed by atoms with Crippen LogP contribution in [0.4, 0.5) is 0 Å². The Kier molecular flexibility index (Phi) is 11.0. The molecule has 0 bridgehead atoms. The molecule has 1 atom stereocenters. The molecule has 1 aliphatic heterocycles. The number of halogens is 1. The monoisotopic (exact) mass is 618 g/mol. The van der Waals surface area contributed by atoms with Crippen molar-refractivity contribution in [1.29, 1.82) is 0 Å². The molecule has 3 rings (SSSR count). The van der Waals surface area contributed by atoms with Gasteiger partial charge < -0.3 is 20.7 Å². The van der Waals surface area contributed by atoms with Gasteiger partial charge in [0.1, 0.15) is 6.04 Å². The Hall–Kier alpha value is -2.76. The number of benzene rings is 2. The third-order valence-corrected chi connectivity index (χ3v) is 10.3. The largest absolute Gasteiger partial charge is 0.374 e. The van der Waals surface area contributed by atoms with Gasteiger partial charge in [0.15, 0.2) is 0 Å². The molecule has 1 heterocycles. The van der Waals surface area contributed by atoms with Crippen molar-refractivity contribution in [1.82, 2.24) is 14.5 Å². The molecule has 0 saturated heterocycles. The first-order valence-corrected chi connectivity index (χ1v) is 16.0. The van der Waals surface area contributed by atoms with E-state index in [0.29, 0.717) is 29.0 Å². The Morgan fingerprint density at radius 1 is 1.07 bits per heavy atom. The summed E-state index contributed by atoms with van der Waals surface area (Å²) in [7, 11) is -2.28. The maximum Gasteiger partial charge on any atom is 0.247 e. The molecule has 1 aliphatic rings. The minimum absolute atomic E-state index is 0.0512. The molecule has 2 amide bonds. The van der Waals surface area contributed by atoms with Crippen molar-refractivity contribution in [3.8, 4) is 0 Å². The van der Waals surface area contributed by atoms with Crippen molar-refractivity contribution in [2.24, 2.45) is 5.73 Å². The summed E-state index contributed by atoms with van der Waals surface area (Å²) in [6.45, 7) is 9.34. The lowest BCUT2D eigenvalue weighted by Crippen LogP contribution is -2.58. The van der Waals surface area contributed by atoms with Gasteiger partial charge in [-0.15, -0.1) is 0 Å². The average Bonchev–Trinajstić information content (AvgIpc) is 3.12. The van der Waals surface area contributed by atoms with Crippen LogP contribution in [0.1, 0.15) is 58.6 Å². The zero-order chi connectivity index (χ0) is 31.3. The fraction of sp³-hybridized carbons (Fsp3) is 0.484. The highest BCUT2D eigenvalue weighted by Crippen LogP contribution is 2.48. The summed E-state index contributed by atoms with van der Waals surface area (Å²) in [6, 6.07) is 15.2. The summed E-state index contributed by atoms with van der Waals surface area (Å²) in [4.78, 5) is 28.7. The Balaban J connectivity index is 2.02. The second-order valence-electron chi connectivity index (χ2n) is 11.1. The molecular weight excluding hydrogens is 576 g/mol. The minimum atomic E-state index is -3.87. The first kappa shape index (κ1) is 33.7. The first-order chi connectivity index (χ1) is 19.7. The van der Waals surface area contributed by atoms with Crippen LogP contribution in [0.2, 0.25) is 5.02 Å². The van der Waals surface area contributed by atoms with Crippen LogP contribution < -0.4 is 11.1 Å². The Labute approximate surface area is 255 Å². The van der Waals surface area contributed by atoms with Gasteiger partial charge in [0.05, 0.1) is 29.2 Å². The van der Waals surface area contributed by atoms with Gasteiger partial charge in [-0.05, 0) is 62.4 Å². The third-order valence-electron chi connectivity index (χ3n) is 7.96. The van der Waals surface area contributed by atoms with E-state index in [9.17, 15) is 18.0 Å². The summed E-state index contributed by atoms with van der Waals surface area (Å²) in [5.41, 5.74) is 6.04. The van der Waals surface area contributed by atoms with Crippen LogP contribution in [0.3, 0.4) is 0 Å². The van der Waals surface area contributed by atoms with E-state index in [-0.39, 0.29) is 37.1 Å². The van der Waals surface area contributed by atoms with Gasteiger partial charge in [-0.25, -0.2) is 8.42 Å². The van der Waals surface area contributed by atoms with Crippen molar-refractivity contribution in [2.75, 3.05) is 26.7 Å². The fourth-order valence-corrected chi connectivity index (χ4v) is 7.56. The van der Waals surface area contributed by atoms with Crippen LogP contribution in [0, 0.1) is 0 Å². The zero-order valence-corrected chi connectivity index (χ0v) is 26.9. The van der Waals surface area contributed by atoms with E-state index in [2.05, 4.69) is 5.32 Å². The summed E-state index contributed by atoms with van der Waals surface area (Å²) >= 11 is 6.12. The van der Waals surface area contributed by atoms with Crippen molar-refractivity contribution in [2.45, 2.75) is 71.2 Å². The highest BCUT2D eigenvalue weighted by molar-refractivity contribution is 7.98. The van der Waals surface area contributed by atoms with Gasteiger partial charge in [-0.3, -0.25) is 9.59 Å². The number of nitrogens with one attached hydrogen (secondary N) is 1. The number of likely N-dealkylation sites (N-methyl/N-ethyl adjacent to an activating group) is 2. The van der Waals surface area contributed by atoms with E-state index in [1.54, 1.807) is 50.1 Å². The molecule has 11 heteroatoms. The van der Waals surface area contributed by atoms with Crippen LogP contribution in [0.5, 0.6) is 0 Å².